The predicted octanol–water partition coefficient (Wildman–Crippen LogP) is 2.50. The molecule has 1 aliphatic carbocycles. The third-order valence-electron chi connectivity index (χ3n) is 3.52. The first-order valence-electron chi connectivity index (χ1n) is 6.21. The topological polar surface area (TPSA) is 32.3 Å². The number of aliphatic hydroxyl groups is 1. The lowest BCUT2D eigenvalue weighted by Crippen LogP contribution is -2.32. The lowest BCUT2D eigenvalue weighted by atomic mass is 10.1. The maximum atomic E-state index is 9.44. The third kappa shape index (κ3) is 2.83. The molecule has 1 aliphatic rings. The molecule has 88 valence electrons. The van der Waals surface area contributed by atoms with Crippen molar-refractivity contribution in [1.29, 1.82) is 0 Å². The highest BCUT2D eigenvalue weighted by atomic mass is 16.3. The summed E-state index contributed by atoms with van der Waals surface area (Å²) in [6.07, 6.45) is 3.79. The Hall–Kier alpha value is -0.860. The van der Waals surface area contributed by atoms with Crippen LogP contribution in [-0.4, -0.2) is 17.8 Å². The van der Waals surface area contributed by atoms with E-state index >= 15 is 0 Å². The number of rotatable bonds is 4. The number of nitrogens with one attached hydrogen (secondary N) is 1. The second-order valence-electron chi connectivity index (χ2n) is 4.93. The summed E-state index contributed by atoms with van der Waals surface area (Å²) >= 11 is 0. The molecular weight excluding hydrogens is 198 g/mol. The van der Waals surface area contributed by atoms with Crippen molar-refractivity contribution in [3.63, 3.8) is 0 Å². The Labute approximate surface area is 97.7 Å². The molecule has 1 saturated carbocycles. The van der Waals surface area contributed by atoms with E-state index in [0.717, 1.165) is 5.92 Å². The van der Waals surface area contributed by atoms with Gasteiger partial charge in [-0.05, 0) is 30.7 Å². The fourth-order valence-corrected chi connectivity index (χ4v) is 2.58. The van der Waals surface area contributed by atoms with Crippen molar-refractivity contribution in [2.45, 2.75) is 38.3 Å². The van der Waals surface area contributed by atoms with Gasteiger partial charge in [-0.2, -0.15) is 0 Å². The predicted molar refractivity (Wildman–Crippen MR) is 66.2 cm³/mol. The summed E-state index contributed by atoms with van der Waals surface area (Å²) in [7, 11) is 0. The minimum Gasteiger partial charge on any atom is -0.394 e. The van der Waals surface area contributed by atoms with Crippen molar-refractivity contribution < 1.29 is 5.11 Å². The maximum absolute atomic E-state index is 9.44. The Balaban J connectivity index is 1.96. The van der Waals surface area contributed by atoms with Crippen molar-refractivity contribution in [1.82, 2.24) is 5.32 Å². The van der Waals surface area contributed by atoms with Crippen LogP contribution < -0.4 is 5.32 Å². The van der Waals surface area contributed by atoms with Gasteiger partial charge in [0.15, 0.2) is 0 Å². The van der Waals surface area contributed by atoms with E-state index in [1.165, 1.54) is 24.8 Å². The zero-order valence-electron chi connectivity index (χ0n) is 9.89. The van der Waals surface area contributed by atoms with E-state index in [4.69, 9.17) is 0 Å². The minimum absolute atomic E-state index is 0.0940. The number of benzene rings is 1. The van der Waals surface area contributed by atoms with Crippen LogP contribution in [0.1, 0.15) is 37.8 Å². The van der Waals surface area contributed by atoms with Crippen LogP contribution >= 0.6 is 0 Å². The molecule has 1 aromatic carbocycles. The molecule has 1 aromatic rings. The molecule has 0 spiro atoms. The molecule has 3 unspecified atom stereocenters. The van der Waals surface area contributed by atoms with Crippen LogP contribution in [0.15, 0.2) is 30.3 Å². The van der Waals surface area contributed by atoms with Gasteiger partial charge in [0.25, 0.3) is 0 Å². The van der Waals surface area contributed by atoms with Crippen LogP contribution in [0.4, 0.5) is 0 Å². The Kier molecular flexibility index (Phi) is 3.97. The average Bonchev–Trinajstić information content (AvgIpc) is 2.73. The molecule has 2 nitrogen and oxygen atoms in total. The molecule has 2 heteroatoms. The van der Waals surface area contributed by atoms with Crippen molar-refractivity contribution in [3.05, 3.63) is 35.9 Å². The molecule has 16 heavy (non-hydrogen) atoms. The van der Waals surface area contributed by atoms with Crippen LogP contribution in [0, 0.1) is 5.92 Å². The SMILES string of the molecule is CC1CCC(NC(CO)c2ccccc2)C1. The minimum atomic E-state index is 0.0940. The van der Waals surface area contributed by atoms with Gasteiger partial charge in [0, 0.05) is 6.04 Å². The van der Waals surface area contributed by atoms with Crippen LogP contribution in [-0.2, 0) is 0 Å². The molecule has 0 aliphatic heterocycles. The highest BCUT2D eigenvalue weighted by Crippen LogP contribution is 2.26. The number of aliphatic hydroxyl groups excluding tert-OH is 1. The van der Waals surface area contributed by atoms with Gasteiger partial charge < -0.3 is 10.4 Å². The molecule has 0 aromatic heterocycles. The molecular formula is C14H21NO. The Morgan fingerprint density at radius 3 is 2.62 bits per heavy atom. The van der Waals surface area contributed by atoms with E-state index in [2.05, 4.69) is 24.4 Å². The summed E-state index contributed by atoms with van der Waals surface area (Å²) in [4.78, 5) is 0. The molecule has 3 atom stereocenters. The summed E-state index contributed by atoms with van der Waals surface area (Å²) in [6.45, 7) is 2.48. The van der Waals surface area contributed by atoms with E-state index in [9.17, 15) is 5.11 Å². The van der Waals surface area contributed by atoms with Crippen LogP contribution in [0.3, 0.4) is 0 Å². The molecule has 2 N–H and O–H groups in total. The summed E-state index contributed by atoms with van der Waals surface area (Å²) in [5.74, 6) is 0.826. The zero-order chi connectivity index (χ0) is 11.4. The summed E-state index contributed by atoms with van der Waals surface area (Å²) in [6, 6.07) is 10.9. The van der Waals surface area contributed by atoms with Gasteiger partial charge in [-0.15, -0.1) is 0 Å². The van der Waals surface area contributed by atoms with E-state index in [-0.39, 0.29) is 12.6 Å². The second kappa shape index (κ2) is 5.46. The highest BCUT2D eigenvalue weighted by Gasteiger charge is 2.23. The molecule has 0 bridgehead atoms. The molecule has 0 amide bonds. The molecule has 0 saturated heterocycles. The van der Waals surface area contributed by atoms with Gasteiger partial charge >= 0.3 is 0 Å². The standard InChI is InChI=1S/C14H21NO/c1-11-7-8-13(9-11)15-14(10-16)12-5-3-2-4-6-12/h2-6,11,13-16H,7-10H2,1H3. The zero-order valence-corrected chi connectivity index (χ0v) is 9.89. The first-order valence-corrected chi connectivity index (χ1v) is 6.21. The quantitative estimate of drug-likeness (QED) is 0.815. The first-order chi connectivity index (χ1) is 7.79. The lowest BCUT2D eigenvalue weighted by molar-refractivity contribution is 0.232. The van der Waals surface area contributed by atoms with Gasteiger partial charge in [-0.25, -0.2) is 0 Å². The number of hydrogen-bond acceptors (Lipinski definition) is 2. The second-order valence-corrected chi connectivity index (χ2v) is 4.93. The third-order valence-corrected chi connectivity index (χ3v) is 3.52. The molecule has 1 fully saturated rings. The maximum Gasteiger partial charge on any atom is 0.0626 e. The Bertz CT molecular complexity index is 312. The van der Waals surface area contributed by atoms with Gasteiger partial charge in [0.2, 0.25) is 0 Å². The summed E-state index contributed by atoms with van der Waals surface area (Å²) in [5.41, 5.74) is 1.18. The monoisotopic (exact) mass is 219 g/mol. The lowest BCUT2D eigenvalue weighted by Gasteiger charge is -2.21. The fourth-order valence-electron chi connectivity index (χ4n) is 2.58. The van der Waals surface area contributed by atoms with Gasteiger partial charge in [-0.1, -0.05) is 37.3 Å². The molecule has 0 radical (unpaired) electrons. The molecule has 0 heterocycles. The highest BCUT2D eigenvalue weighted by molar-refractivity contribution is 5.19. The number of hydrogen-bond donors (Lipinski definition) is 2. The van der Waals surface area contributed by atoms with E-state index < -0.39 is 0 Å². The van der Waals surface area contributed by atoms with Crippen molar-refractivity contribution in [2.24, 2.45) is 5.92 Å². The van der Waals surface area contributed by atoms with Crippen molar-refractivity contribution >= 4 is 0 Å². The van der Waals surface area contributed by atoms with Crippen LogP contribution in [0.2, 0.25) is 0 Å². The largest absolute Gasteiger partial charge is 0.394 e. The van der Waals surface area contributed by atoms with Crippen molar-refractivity contribution in [3.8, 4) is 0 Å². The summed E-state index contributed by atoms with van der Waals surface area (Å²) in [5, 5.41) is 13.0. The van der Waals surface area contributed by atoms with Gasteiger partial charge in [0.05, 0.1) is 12.6 Å². The normalized spacial score (nSPS) is 26.9. The smallest absolute Gasteiger partial charge is 0.0626 e. The van der Waals surface area contributed by atoms with E-state index in [1.807, 2.05) is 18.2 Å². The van der Waals surface area contributed by atoms with Gasteiger partial charge in [0.1, 0.15) is 0 Å². The van der Waals surface area contributed by atoms with Crippen LogP contribution in [0.25, 0.3) is 0 Å². The first kappa shape index (κ1) is 11.6. The Morgan fingerprint density at radius 1 is 1.31 bits per heavy atom. The molecule has 2 rings (SSSR count). The average molecular weight is 219 g/mol. The van der Waals surface area contributed by atoms with Crippen molar-refractivity contribution in [2.75, 3.05) is 6.61 Å². The summed E-state index contributed by atoms with van der Waals surface area (Å²) < 4.78 is 0. The Morgan fingerprint density at radius 2 is 2.06 bits per heavy atom. The van der Waals surface area contributed by atoms with Crippen LogP contribution in [0.5, 0.6) is 0 Å². The fraction of sp³-hybridized carbons (Fsp3) is 0.571. The van der Waals surface area contributed by atoms with E-state index in [0.29, 0.717) is 6.04 Å². The van der Waals surface area contributed by atoms with Gasteiger partial charge in [-0.3, -0.25) is 0 Å². The van der Waals surface area contributed by atoms with E-state index in [1.54, 1.807) is 0 Å².